The van der Waals surface area contributed by atoms with E-state index in [0.29, 0.717) is 0 Å². The van der Waals surface area contributed by atoms with E-state index in [-0.39, 0.29) is 26.2 Å². The minimum atomic E-state index is -1.58. The summed E-state index contributed by atoms with van der Waals surface area (Å²) in [6, 6.07) is 0. The third kappa shape index (κ3) is 40.9. The van der Waals surface area contributed by atoms with Crippen LogP contribution in [-0.2, 0) is 26.2 Å². The van der Waals surface area contributed by atoms with Crippen LogP contribution in [0.15, 0.2) is 0 Å². The van der Waals surface area contributed by atoms with Gasteiger partial charge in [-0.05, 0) is 0 Å². The van der Waals surface area contributed by atoms with Crippen LogP contribution in [0.4, 0.5) is 0 Å². The number of rotatable bonds is 0. The van der Waals surface area contributed by atoms with E-state index in [9.17, 15) is 0 Å². The molecule has 0 unspecified atom stereocenters. The fourth-order valence-electron chi connectivity index (χ4n) is 0. The molecule has 0 N–H and O–H groups in total. The van der Waals surface area contributed by atoms with Crippen LogP contribution >= 0.6 is 34.8 Å². The second kappa shape index (κ2) is 3.78. The SMILES string of the molecule is [B]C(Cl)(Cl)Cl.[Zr]. The molecule has 2 radical (unpaired) electrons. The molecule has 32 valence electrons. The number of hydrogen-bond donors (Lipinski definition) is 0. The number of halogens is 3. The van der Waals surface area contributed by atoms with Crippen molar-refractivity contribution in [1.29, 1.82) is 0 Å². The molecule has 0 aromatic heterocycles. The summed E-state index contributed by atoms with van der Waals surface area (Å²) in [5.41, 5.74) is 0. The number of alkyl halides is 3. The molecule has 0 spiro atoms. The van der Waals surface area contributed by atoms with Crippen molar-refractivity contribution in [2.24, 2.45) is 0 Å². The topological polar surface area (TPSA) is 0 Å². The Bertz CT molecular complexity index is 26.3. The van der Waals surface area contributed by atoms with Gasteiger partial charge < -0.3 is 0 Å². The van der Waals surface area contributed by atoms with Gasteiger partial charge in [-0.3, -0.25) is 0 Å². The molecule has 0 rings (SSSR count). The average molecular weight is 220 g/mol. The van der Waals surface area contributed by atoms with Crippen LogP contribution in [0.2, 0.25) is 0 Å². The molecule has 0 atom stereocenters. The normalized spacial score (nSPS) is 9.83. The van der Waals surface area contributed by atoms with E-state index in [0.717, 1.165) is 0 Å². The van der Waals surface area contributed by atoms with Crippen LogP contribution in [0.25, 0.3) is 0 Å². The molecule has 0 fully saturated rings. The van der Waals surface area contributed by atoms with Gasteiger partial charge in [-0.25, -0.2) is 0 Å². The Morgan fingerprint density at radius 1 is 1.17 bits per heavy atom. The zero-order valence-corrected chi connectivity index (χ0v) is 7.44. The maximum absolute atomic E-state index is 4.84. The molecule has 5 heteroatoms. The molecule has 6 heavy (non-hydrogen) atoms. The zero-order chi connectivity index (χ0) is 4.50. The molecular formula is CBCl3Zr. The van der Waals surface area contributed by atoms with Crippen LogP contribution in [0.1, 0.15) is 0 Å². The standard InChI is InChI=1S/CBCl3.Zr/c2-1(3,4)5;. The van der Waals surface area contributed by atoms with E-state index in [2.05, 4.69) is 7.85 Å². The molecule has 0 nitrogen and oxygen atoms in total. The van der Waals surface area contributed by atoms with Crippen molar-refractivity contribution in [1.82, 2.24) is 0 Å². The van der Waals surface area contributed by atoms with Crippen molar-refractivity contribution in [2.45, 2.75) is 3.69 Å². The third-order valence-corrected chi connectivity index (χ3v) is 0. The van der Waals surface area contributed by atoms with Crippen LogP contribution in [-0.4, -0.2) is 11.5 Å². The molecule has 0 saturated carbocycles. The summed E-state index contributed by atoms with van der Waals surface area (Å²) >= 11 is 14.5. The first-order valence-electron chi connectivity index (χ1n) is 0.856. The van der Waals surface area contributed by atoms with Crippen molar-refractivity contribution in [2.75, 3.05) is 0 Å². The maximum atomic E-state index is 4.84. The second-order valence-electron chi connectivity index (χ2n) is 0.542. The Morgan fingerprint density at radius 2 is 1.17 bits per heavy atom. The van der Waals surface area contributed by atoms with Crippen molar-refractivity contribution in [3.63, 3.8) is 0 Å². The Hall–Kier alpha value is 1.82. The monoisotopic (exact) mass is 218 g/mol. The van der Waals surface area contributed by atoms with Crippen LogP contribution in [0, 0.1) is 0 Å². The fraction of sp³-hybridized carbons (Fsp3) is 1.00. The van der Waals surface area contributed by atoms with E-state index in [1.54, 1.807) is 0 Å². The minimum Gasteiger partial charge on any atom is -0.0957 e. The van der Waals surface area contributed by atoms with Gasteiger partial charge in [0.05, 0.1) is 0 Å². The molecule has 0 saturated heterocycles. The first kappa shape index (κ1) is 10.7. The van der Waals surface area contributed by atoms with Crippen LogP contribution < -0.4 is 0 Å². The smallest absolute Gasteiger partial charge is 0.0957 e. The Labute approximate surface area is 72.0 Å². The minimum absolute atomic E-state index is 0. The predicted octanol–water partition coefficient (Wildman–Crippen LogP) is 1.48. The fourth-order valence-corrected chi connectivity index (χ4v) is 0. The summed E-state index contributed by atoms with van der Waals surface area (Å²) in [7, 11) is 4.65. The molecular weight excluding hydrogens is 220 g/mol. The van der Waals surface area contributed by atoms with E-state index in [4.69, 9.17) is 34.8 Å². The van der Waals surface area contributed by atoms with Gasteiger partial charge in [0.1, 0.15) is 11.5 Å². The molecule has 0 aliphatic heterocycles. The summed E-state index contributed by atoms with van der Waals surface area (Å²) in [5.74, 6) is 0. The van der Waals surface area contributed by atoms with Crippen molar-refractivity contribution < 1.29 is 26.2 Å². The summed E-state index contributed by atoms with van der Waals surface area (Å²) in [6.07, 6.45) is 0. The van der Waals surface area contributed by atoms with E-state index < -0.39 is 3.69 Å². The Balaban J connectivity index is 0. The molecule has 0 aliphatic carbocycles. The van der Waals surface area contributed by atoms with E-state index >= 15 is 0 Å². The largest absolute Gasteiger partial charge is 0.146 e. The van der Waals surface area contributed by atoms with Gasteiger partial charge in [0, 0.05) is 26.2 Å². The molecule has 0 aromatic rings. The van der Waals surface area contributed by atoms with Gasteiger partial charge in [-0.15, -0.1) is 0 Å². The summed E-state index contributed by atoms with van der Waals surface area (Å²) < 4.78 is -1.58. The van der Waals surface area contributed by atoms with Crippen LogP contribution in [0.3, 0.4) is 0 Å². The molecule has 0 aliphatic rings. The predicted molar refractivity (Wildman–Crippen MR) is 26.0 cm³/mol. The first-order chi connectivity index (χ1) is 2.00. The maximum Gasteiger partial charge on any atom is 0.146 e. The average Bonchev–Trinajstić information content (AvgIpc) is 0.722. The van der Waals surface area contributed by atoms with E-state index in [1.165, 1.54) is 0 Å². The molecule has 0 aromatic carbocycles. The van der Waals surface area contributed by atoms with Crippen molar-refractivity contribution in [3.8, 4) is 0 Å². The second-order valence-corrected chi connectivity index (χ2v) is 2.91. The van der Waals surface area contributed by atoms with Crippen molar-refractivity contribution in [3.05, 3.63) is 0 Å². The Kier molecular flexibility index (Phi) is 6.76. The zero-order valence-electron chi connectivity index (χ0n) is 2.71. The van der Waals surface area contributed by atoms with E-state index in [1.807, 2.05) is 0 Å². The van der Waals surface area contributed by atoms with Gasteiger partial charge in [-0.2, -0.15) is 0 Å². The summed E-state index contributed by atoms with van der Waals surface area (Å²) in [6.45, 7) is 0. The Morgan fingerprint density at radius 3 is 1.17 bits per heavy atom. The van der Waals surface area contributed by atoms with Gasteiger partial charge in [0.25, 0.3) is 0 Å². The molecule has 0 bridgehead atoms. The van der Waals surface area contributed by atoms with Crippen LogP contribution in [0.5, 0.6) is 0 Å². The van der Waals surface area contributed by atoms with Gasteiger partial charge in [0.2, 0.25) is 0 Å². The molecule has 0 heterocycles. The molecule has 0 amide bonds. The third-order valence-electron chi connectivity index (χ3n) is 0. The van der Waals surface area contributed by atoms with Gasteiger partial charge in [0.15, 0.2) is 0 Å². The number of hydrogen-bond acceptors (Lipinski definition) is 0. The quantitative estimate of drug-likeness (QED) is 0.428. The van der Waals surface area contributed by atoms with Crippen molar-refractivity contribution >= 4 is 42.6 Å². The van der Waals surface area contributed by atoms with Gasteiger partial charge >= 0.3 is 0 Å². The summed E-state index contributed by atoms with van der Waals surface area (Å²) in [5, 5.41) is 0. The first-order valence-corrected chi connectivity index (χ1v) is 1.99. The summed E-state index contributed by atoms with van der Waals surface area (Å²) in [4.78, 5) is 0. The van der Waals surface area contributed by atoms with Gasteiger partial charge in [-0.1, -0.05) is 34.8 Å².